The topological polar surface area (TPSA) is 121 Å². The van der Waals surface area contributed by atoms with Crippen molar-refractivity contribution in [1.82, 2.24) is 4.90 Å². The number of rotatable bonds is 7. The molecule has 0 saturated carbocycles. The largest absolute Gasteiger partial charge is 0.502 e. The van der Waals surface area contributed by atoms with Gasteiger partial charge >= 0.3 is 5.97 Å². The quantitative estimate of drug-likeness (QED) is 0.742. The molecule has 0 radical (unpaired) electrons. The maximum atomic E-state index is 12.3. The van der Waals surface area contributed by atoms with Gasteiger partial charge in [0.2, 0.25) is 0 Å². The summed E-state index contributed by atoms with van der Waals surface area (Å²) in [7, 11) is -2.37. The molecule has 9 heteroatoms. The van der Waals surface area contributed by atoms with E-state index in [9.17, 15) is 23.1 Å². The van der Waals surface area contributed by atoms with Crippen LogP contribution in [0.25, 0.3) is 0 Å². The summed E-state index contributed by atoms with van der Waals surface area (Å²) in [5, 5.41) is 18.8. The molecule has 0 saturated heterocycles. The number of sulfone groups is 1. The number of nitrogens with zero attached hydrogens (tertiary/aromatic N) is 1. The third kappa shape index (κ3) is 3.93. The Labute approximate surface area is 145 Å². The average molecular weight is 369 g/mol. The van der Waals surface area contributed by atoms with Gasteiger partial charge < -0.3 is 19.8 Å². The summed E-state index contributed by atoms with van der Waals surface area (Å²) in [6, 6.07) is 5.44. The number of aliphatic hydroxyl groups excluding tert-OH is 1. The maximum absolute atomic E-state index is 12.3. The van der Waals surface area contributed by atoms with Crippen LogP contribution in [-0.2, 0) is 19.4 Å². The van der Waals surface area contributed by atoms with Crippen LogP contribution in [0.1, 0.15) is 24.4 Å². The second kappa shape index (κ2) is 7.14. The zero-order chi connectivity index (χ0) is 18.8. The molecule has 0 aromatic heterocycles. The number of carbonyl (C=O) groups is 2. The van der Waals surface area contributed by atoms with Crippen molar-refractivity contribution in [2.45, 2.75) is 18.9 Å². The summed E-state index contributed by atoms with van der Waals surface area (Å²) in [6.07, 6.45) is 0.884. The number of hydrogen-bond acceptors (Lipinski definition) is 6. The Morgan fingerprint density at radius 1 is 1.28 bits per heavy atom. The fraction of sp³-hybridized carbons (Fsp3) is 0.375. The minimum Gasteiger partial charge on any atom is -0.502 e. The van der Waals surface area contributed by atoms with E-state index in [1.807, 2.05) is 0 Å². The highest BCUT2D eigenvalue weighted by atomic mass is 32.2. The fourth-order valence-corrected chi connectivity index (χ4v) is 3.86. The predicted octanol–water partition coefficient (Wildman–Crippen LogP) is 1.26. The van der Waals surface area contributed by atoms with E-state index in [0.29, 0.717) is 11.3 Å². The molecule has 1 aliphatic rings. The van der Waals surface area contributed by atoms with Crippen molar-refractivity contribution in [3.8, 4) is 5.75 Å². The first-order valence-corrected chi connectivity index (χ1v) is 9.36. The Kier molecular flexibility index (Phi) is 5.36. The first kappa shape index (κ1) is 18.8. The van der Waals surface area contributed by atoms with Crippen molar-refractivity contribution in [2.75, 3.05) is 19.9 Å². The molecule has 136 valence electrons. The minimum atomic E-state index is -3.85. The molecular formula is C16H19NO7S. The molecule has 1 atom stereocenters. The van der Waals surface area contributed by atoms with Crippen LogP contribution in [-0.4, -0.2) is 55.3 Å². The van der Waals surface area contributed by atoms with Gasteiger partial charge in [0.05, 0.1) is 13.2 Å². The van der Waals surface area contributed by atoms with E-state index >= 15 is 0 Å². The van der Waals surface area contributed by atoms with Crippen LogP contribution < -0.4 is 4.74 Å². The smallest absolute Gasteiger partial charge is 0.303 e. The van der Waals surface area contributed by atoms with E-state index in [0.717, 1.165) is 6.26 Å². The Hall–Kier alpha value is -2.55. The lowest BCUT2D eigenvalue weighted by atomic mass is 10.1. The summed E-state index contributed by atoms with van der Waals surface area (Å²) < 4.78 is 29.3. The highest BCUT2D eigenvalue weighted by Crippen LogP contribution is 2.40. The van der Waals surface area contributed by atoms with Crippen LogP contribution in [0.2, 0.25) is 0 Å². The molecule has 8 nitrogen and oxygen atoms in total. The van der Waals surface area contributed by atoms with E-state index in [1.165, 1.54) is 12.0 Å². The minimum absolute atomic E-state index is 0.00487. The number of benzene rings is 1. The number of methoxy groups -OCH3 is 1. The lowest BCUT2D eigenvalue weighted by Gasteiger charge is -2.26. The van der Waals surface area contributed by atoms with Gasteiger partial charge in [0.15, 0.2) is 15.6 Å². The summed E-state index contributed by atoms with van der Waals surface area (Å²) in [5.41, 5.74) is 0.481. The summed E-state index contributed by atoms with van der Waals surface area (Å²) in [4.78, 5) is 23.8. The number of carboxylic acid groups (broad SMARTS) is 1. The lowest BCUT2D eigenvalue weighted by Crippen LogP contribution is -2.32. The SMILES string of the molecule is COc1ccc(C2C(S(C)(=O)=O)=C(O)C(=O)N2CCCC(=O)O)cc1. The van der Waals surface area contributed by atoms with Crippen molar-refractivity contribution in [3.05, 3.63) is 40.5 Å². The molecular weight excluding hydrogens is 350 g/mol. The number of aliphatic hydroxyl groups is 1. The van der Waals surface area contributed by atoms with Gasteiger partial charge in [-0.05, 0) is 24.1 Å². The molecule has 1 amide bonds. The Morgan fingerprint density at radius 3 is 2.36 bits per heavy atom. The van der Waals surface area contributed by atoms with E-state index in [2.05, 4.69) is 0 Å². The third-order valence-corrected chi connectivity index (χ3v) is 5.09. The molecule has 1 aromatic rings. The van der Waals surface area contributed by atoms with Gasteiger partial charge in [0.1, 0.15) is 10.7 Å². The molecule has 0 fully saturated rings. The van der Waals surface area contributed by atoms with Crippen LogP contribution in [0, 0.1) is 0 Å². The van der Waals surface area contributed by atoms with E-state index in [-0.39, 0.29) is 24.3 Å². The molecule has 0 aliphatic carbocycles. The molecule has 1 unspecified atom stereocenters. The van der Waals surface area contributed by atoms with Crippen molar-refractivity contribution in [3.63, 3.8) is 0 Å². The van der Waals surface area contributed by atoms with Crippen LogP contribution in [0.3, 0.4) is 0 Å². The van der Waals surface area contributed by atoms with E-state index in [1.54, 1.807) is 24.3 Å². The Balaban J connectivity index is 2.44. The molecule has 25 heavy (non-hydrogen) atoms. The van der Waals surface area contributed by atoms with Crippen molar-refractivity contribution >= 4 is 21.7 Å². The lowest BCUT2D eigenvalue weighted by molar-refractivity contribution is -0.138. The van der Waals surface area contributed by atoms with Gasteiger partial charge in [-0.2, -0.15) is 0 Å². The average Bonchev–Trinajstić information content (AvgIpc) is 2.79. The molecule has 1 heterocycles. The van der Waals surface area contributed by atoms with Gasteiger partial charge in [0.25, 0.3) is 5.91 Å². The van der Waals surface area contributed by atoms with Crippen molar-refractivity contribution < 1.29 is 33.0 Å². The molecule has 1 aliphatic heterocycles. The number of aliphatic carboxylic acids is 1. The number of carboxylic acids is 1. The molecule has 0 bridgehead atoms. The number of carbonyl (C=O) groups excluding carboxylic acids is 1. The zero-order valence-corrected chi connectivity index (χ0v) is 14.6. The van der Waals surface area contributed by atoms with Crippen LogP contribution in [0.4, 0.5) is 0 Å². The summed E-state index contributed by atoms with van der Waals surface area (Å²) in [5.74, 6) is -2.11. The predicted molar refractivity (Wildman–Crippen MR) is 88.8 cm³/mol. The zero-order valence-electron chi connectivity index (χ0n) is 13.8. The number of ether oxygens (including phenoxy) is 1. The van der Waals surface area contributed by atoms with Gasteiger partial charge in [-0.25, -0.2) is 8.42 Å². The van der Waals surface area contributed by atoms with Gasteiger partial charge in [-0.15, -0.1) is 0 Å². The van der Waals surface area contributed by atoms with E-state index < -0.39 is 33.5 Å². The van der Waals surface area contributed by atoms with Crippen molar-refractivity contribution in [1.29, 1.82) is 0 Å². The maximum Gasteiger partial charge on any atom is 0.303 e. The highest BCUT2D eigenvalue weighted by molar-refractivity contribution is 7.94. The van der Waals surface area contributed by atoms with Crippen LogP contribution in [0.5, 0.6) is 5.75 Å². The highest BCUT2D eigenvalue weighted by Gasteiger charge is 2.44. The number of hydrogen-bond donors (Lipinski definition) is 2. The standard InChI is InChI=1S/C16H19NO7S/c1-24-11-7-5-10(6-8-11)13-15(25(2,22)23)14(20)16(21)17(13)9-3-4-12(18)19/h5-8,13,20H,3-4,9H2,1-2H3,(H,18,19). The fourth-order valence-electron chi connectivity index (χ4n) is 2.76. The van der Waals surface area contributed by atoms with Crippen LogP contribution in [0.15, 0.2) is 34.9 Å². The summed E-state index contributed by atoms with van der Waals surface area (Å²) in [6.45, 7) is 0.00487. The van der Waals surface area contributed by atoms with E-state index in [4.69, 9.17) is 9.84 Å². The molecule has 1 aromatic carbocycles. The normalized spacial score (nSPS) is 17.9. The van der Waals surface area contributed by atoms with Gasteiger partial charge in [0, 0.05) is 19.2 Å². The monoisotopic (exact) mass is 369 g/mol. The van der Waals surface area contributed by atoms with Gasteiger partial charge in [-0.3, -0.25) is 9.59 Å². The second-order valence-electron chi connectivity index (χ2n) is 5.66. The van der Waals surface area contributed by atoms with Crippen molar-refractivity contribution in [2.24, 2.45) is 0 Å². The Bertz CT molecular complexity index is 811. The first-order valence-electron chi connectivity index (χ1n) is 7.46. The number of amides is 1. The Morgan fingerprint density at radius 2 is 1.88 bits per heavy atom. The third-order valence-electron chi connectivity index (χ3n) is 3.88. The van der Waals surface area contributed by atoms with Gasteiger partial charge in [-0.1, -0.05) is 12.1 Å². The second-order valence-corrected chi connectivity index (χ2v) is 7.64. The molecule has 0 spiro atoms. The van der Waals surface area contributed by atoms with Crippen LogP contribution >= 0.6 is 0 Å². The molecule has 2 N–H and O–H groups in total. The molecule has 2 rings (SSSR count). The first-order chi connectivity index (χ1) is 11.7. The summed E-state index contributed by atoms with van der Waals surface area (Å²) >= 11 is 0.